The lowest BCUT2D eigenvalue weighted by Crippen LogP contribution is -2.31. The van der Waals surface area contributed by atoms with E-state index in [2.05, 4.69) is 33.0 Å². The lowest BCUT2D eigenvalue weighted by molar-refractivity contribution is 0.251. The third-order valence-electron chi connectivity index (χ3n) is 4.03. The normalized spacial score (nSPS) is 10.8. The fourth-order valence-corrected chi connectivity index (χ4v) is 3.45. The summed E-state index contributed by atoms with van der Waals surface area (Å²) < 4.78 is 0. The first-order valence-corrected chi connectivity index (χ1v) is 9.81. The second-order valence-electron chi connectivity index (χ2n) is 6.52. The number of carbonyl (C=O) groups excluding carboxylic acids is 1. The summed E-state index contributed by atoms with van der Waals surface area (Å²) in [6, 6.07) is 17.7. The minimum absolute atomic E-state index is 0.179. The molecule has 1 aromatic heterocycles. The van der Waals surface area contributed by atoms with Gasteiger partial charge in [-0.05, 0) is 51.3 Å². The molecule has 0 saturated heterocycles. The summed E-state index contributed by atoms with van der Waals surface area (Å²) in [5, 5.41) is 8.76. The van der Waals surface area contributed by atoms with Crippen LogP contribution in [-0.4, -0.2) is 43.1 Å². The van der Waals surface area contributed by atoms with Crippen molar-refractivity contribution in [2.24, 2.45) is 0 Å². The first kappa shape index (κ1) is 19.1. The summed E-state index contributed by atoms with van der Waals surface area (Å²) in [7, 11) is 4.04. The molecule has 140 valence electrons. The van der Waals surface area contributed by atoms with Gasteiger partial charge in [-0.1, -0.05) is 30.3 Å². The summed E-state index contributed by atoms with van der Waals surface area (Å²) in [6.07, 6.45) is 0.924. The van der Waals surface area contributed by atoms with E-state index in [-0.39, 0.29) is 6.03 Å². The van der Waals surface area contributed by atoms with Gasteiger partial charge < -0.3 is 15.5 Å². The molecule has 27 heavy (non-hydrogen) atoms. The van der Waals surface area contributed by atoms with Crippen molar-refractivity contribution in [3.63, 3.8) is 0 Å². The summed E-state index contributed by atoms with van der Waals surface area (Å²) >= 11 is 1.62. The zero-order valence-corrected chi connectivity index (χ0v) is 16.4. The van der Waals surface area contributed by atoms with Gasteiger partial charge in [-0.3, -0.25) is 0 Å². The van der Waals surface area contributed by atoms with Gasteiger partial charge in [0.25, 0.3) is 0 Å². The predicted molar refractivity (Wildman–Crippen MR) is 113 cm³/mol. The predicted octanol–water partition coefficient (Wildman–Crippen LogP) is 4.55. The number of hydrogen-bond acceptors (Lipinski definition) is 4. The minimum Gasteiger partial charge on any atom is -0.338 e. The third-order valence-corrected chi connectivity index (χ3v) is 4.92. The van der Waals surface area contributed by atoms with Crippen LogP contribution >= 0.6 is 11.3 Å². The number of aromatic nitrogens is 1. The Morgan fingerprint density at radius 3 is 2.48 bits per heavy atom. The topological polar surface area (TPSA) is 57.3 Å². The fourth-order valence-electron chi connectivity index (χ4n) is 2.62. The van der Waals surface area contributed by atoms with E-state index in [0.29, 0.717) is 6.54 Å². The summed E-state index contributed by atoms with van der Waals surface area (Å²) in [5.74, 6) is 0. The molecule has 1 heterocycles. The highest BCUT2D eigenvalue weighted by molar-refractivity contribution is 7.13. The van der Waals surface area contributed by atoms with E-state index in [0.717, 1.165) is 40.5 Å². The molecule has 0 fully saturated rings. The number of benzene rings is 2. The Hall–Kier alpha value is -2.70. The maximum absolute atomic E-state index is 11.9. The van der Waals surface area contributed by atoms with Gasteiger partial charge >= 0.3 is 6.03 Å². The monoisotopic (exact) mass is 380 g/mol. The highest BCUT2D eigenvalue weighted by atomic mass is 32.1. The van der Waals surface area contributed by atoms with Gasteiger partial charge in [0.1, 0.15) is 5.01 Å². The Bertz CT molecular complexity index is 859. The van der Waals surface area contributed by atoms with Crippen molar-refractivity contribution in [1.29, 1.82) is 0 Å². The SMILES string of the molecule is CN(C)CCCNC(=O)Nc1ccc(-c2nc(-c3ccccc3)cs2)cc1. The van der Waals surface area contributed by atoms with Crippen molar-refractivity contribution in [2.45, 2.75) is 6.42 Å². The van der Waals surface area contributed by atoms with Gasteiger partial charge in [-0.25, -0.2) is 9.78 Å². The quantitative estimate of drug-likeness (QED) is 0.591. The van der Waals surface area contributed by atoms with Crippen molar-refractivity contribution in [2.75, 3.05) is 32.5 Å². The standard InChI is InChI=1S/C21H24N4OS/c1-25(2)14-6-13-22-21(26)23-18-11-9-17(10-12-18)20-24-19(15-27-20)16-7-4-3-5-8-16/h3-5,7-12,15H,6,13-14H2,1-2H3,(H2,22,23,26). The fraction of sp³-hybridized carbons (Fsp3) is 0.238. The zero-order valence-electron chi connectivity index (χ0n) is 15.6. The average molecular weight is 381 g/mol. The van der Waals surface area contributed by atoms with Crippen LogP contribution in [-0.2, 0) is 0 Å². The summed E-state index contributed by atoms with van der Waals surface area (Å²) in [5.41, 5.74) is 3.90. The van der Waals surface area contributed by atoms with E-state index in [4.69, 9.17) is 4.98 Å². The van der Waals surface area contributed by atoms with Gasteiger partial charge in [-0.2, -0.15) is 0 Å². The van der Waals surface area contributed by atoms with Crippen molar-refractivity contribution < 1.29 is 4.79 Å². The van der Waals surface area contributed by atoms with Crippen molar-refractivity contribution in [3.8, 4) is 21.8 Å². The van der Waals surface area contributed by atoms with Gasteiger partial charge in [0.05, 0.1) is 5.69 Å². The lowest BCUT2D eigenvalue weighted by atomic mass is 10.2. The largest absolute Gasteiger partial charge is 0.338 e. The number of nitrogens with one attached hydrogen (secondary N) is 2. The summed E-state index contributed by atoms with van der Waals surface area (Å²) in [4.78, 5) is 18.7. The maximum Gasteiger partial charge on any atom is 0.319 e. The van der Waals surface area contributed by atoms with Gasteiger partial charge in [0.2, 0.25) is 0 Å². The van der Waals surface area contributed by atoms with E-state index < -0.39 is 0 Å². The van der Waals surface area contributed by atoms with Crippen LogP contribution in [0.25, 0.3) is 21.8 Å². The number of anilines is 1. The van der Waals surface area contributed by atoms with Gasteiger partial charge in [-0.15, -0.1) is 11.3 Å². The number of thiazole rings is 1. The molecule has 0 atom stereocenters. The van der Waals surface area contributed by atoms with E-state index in [1.165, 1.54) is 0 Å². The number of nitrogens with zero attached hydrogens (tertiary/aromatic N) is 2. The third kappa shape index (κ3) is 5.64. The Kier molecular flexibility index (Phi) is 6.57. The van der Waals surface area contributed by atoms with Crippen LogP contribution < -0.4 is 10.6 Å². The number of amides is 2. The molecular weight excluding hydrogens is 356 g/mol. The molecule has 0 bridgehead atoms. The second-order valence-corrected chi connectivity index (χ2v) is 7.38. The Labute approximate surface area is 164 Å². The summed E-state index contributed by atoms with van der Waals surface area (Å²) in [6.45, 7) is 1.61. The zero-order chi connectivity index (χ0) is 19.1. The molecule has 2 aromatic carbocycles. The van der Waals surface area contributed by atoms with E-state index in [9.17, 15) is 4.79 Å². The highest BCUT2D eigenvalue weighted by Crippen LogP contribution is 2.29. The van der Waals surface area contributed by atoms with Crippen molar-refractivity contribution >= 4 is 23.1 Å². The van der Waals surface area contributed by atoms with Crippen LogP contribution in [0, 0.1) is 0 Å². The first-order chi connectivity index (χ1) is 13.1. The van der Waals surface area contributed by atoms with Crippen LogP contribution in [0.5, 0.6) is 0 Å². The molecule has 0 aliphatic heterocycles. The van der Waals surface area contributed by atoms with E-state index in [1.54, 1.807) is 11.3 Å². The van der Waals surface area contributed by atoms with Crippen molar-refractivity contribution in [1.82, 2.24) is 15.2 Å². The average Bonchev–Trinajstić information content (AvgIpc) is 3.17. The van der Waals surface area contributed by atoms with Crippen LogP contribution in [0.15, 0.2) is 60.0 Å². The van der Waals surface area contributed by atoms with Crippen LogP contribution in [0.2, 0.25) is 0 Å². The molecular formula is C21H24N4OS. The Morgan fingerprint density at radius 2 is 1.78 bits per heavy atom. The molecule has 6 heteroatoms. The molecule has 0 unspecified atom stereocenters. The molecule has 0 aliphatic rings. The molecule has 0 spiro atoms. The molecule has 3 aromatic rings. The second kappa shape index (κ2) is 9.30. The first-order valence-electron chi connectivity index (χ1n) is 8.93. The molecule has 0 aliphatic carbocycles. The van der Waals surface area contributed by atoms with Crippen LogP contribution in [0.1, 0.15) is 6.42 Å². The number of urea groups is 1. The van der Waals surface area contributed by atoms with Gasteiger partial charge in [0.15, 0.2) is 0 Å². The molecule has 0 radical (unpaired) electrons. The molecule has 2 amide bonds. The number of hydrogen-bond donors (Lipinski definition) is 2. The van der Waals surface area contributed by atoms with E-state index in [1.807, 2.05) is 56.6 Å². The maximum atomic E-state index is 11.9. The minimum atomic E-state index is -0.179. The van der Waals surface area contributed by atoms with E-state index >= 15 is 0 Å². The Morgan fingerprint density at radius 1 is 1.04 bits per heavy atom. The number of rotatable bonds is 7. The Balaban J connectivity index is 1.56. The van der Waals surface area contributed by atoms with Gasteiger partial charge in [0, 0.05) is 28.7 Å². The molecule has 2 N–H and O–H groups in total. The van der Waals surface area contributed by atoms with Crippen molar-refractivity contribution in [3.05, 3.63) is 60.0 Å². The van der Waals surface area contributed by atoms with Crippen LogP contribution in [0.3, 0.4) is 0 Å². The molecule has 3 rings (SSSR count). The number of carbonyl (C=O) groups is 1. The lowest BCUT2D eigenvalue weighted by Gasteiger charge is -2.10. The van der Waals surface area contributed by atoms with Crippen LogP contribution in [0.4, 0.5) is 10.5 Å². The highest BCUT2D eigenvalue weighted by Gasteiger charge is 2.07. The molecule has 0 saturated carbocycles. The molecule has 5 nitrogen and oxygen atoms in total. The smallest absolute Gasteiger partial charge is 0.319 e.